The van der Waals surface area contributed by atoms with Gasteiger partial charge in [0.1, 0.15) is 5.75 Å². The number of hydrogen-bond donors (Lipinski definition) is 1. The highest BCUT2D eigenvalue weighted by atomic mass is 35.5. The van der Waals surface area contributed by atoms with E-state index in [-0.39, 0.29) is 12.5 Å². The average Bonchev–Trinajstić information content (AvgIpc) is 2.18. The van der Waals surface area contributed by atoms with Crippen LogP contribution in [0.1, 0.15) is 19.8 Å². The third kappa shape index (κ3) is 4.21. The van der Waals surface area contributed by atoms with Gasteiger partial charge in [-0.3, -0.25) is 4.79 Å². The molecule has 1 aromatic rings. The van der Waals surface area contributed by atoms with Crippen molar-refractivity contribution >= 4 is 17.6 Å². The summed E-state index contributed by atoms with van der Waals surface area (Å²) in [6.07, 6.45) is 0.424. The summed E-state index contributed by atoms with van der Waals surface area (Å²) >= 11 is 5.89. The fourth-order valence-corrected chi connectivity index (χ4v) is 1.32. The molecule has 1 aromatic carbocycles. The molecule has 1 unspecified atom stereocenters. The lowest BCUT2D eigenvalue weighted by Gasteiger charge is -2.14. The van der Waals surface area contributed by atoms with E-state index in [1.54, 1.807) is 12.1 Å². The maximum atomic E-state index is 10.3. The van der Waals surface area contributed by atoms with Gasteiger partial charge in [0.25, 0.3) is 0 Å². The van der Waals surface area contributed by atoms with Gasteiger partial charge in [-0.1, -0.05) is 23.7 Å². The number of ether oxygens (including phenoxy) is 1. The van der Waals surface area contributed by atoms with Gasteiger partial charge in [0.05, 0.1) is 11.1 Å². The fourth-order valence-electron chi connectivity index (χ4n) is 1.14. The summed E-state index contributed by atoms with van der Waals surface area (Å²) in [5.41, 5.74) is 0. The molecule has 0 aliphatic carbocycles. The monoisotopic (exact) mass is 228 g/mol. The van der Waals surface area contributed by atoms with Gasteiger partial charge >= 0.3 is 5.97 Å². The molecule has 0 bridgehead atoms. The van der Waals surface area contributed by atoms with E-state index in [4.69, 9.17) is 21.4 Å². The van der Waals surface area contributed by atoms with Crippen LogP contribution in [0, 0.1) is 0 Å². The average molecular weight is 229 g/mol. The molecule has 82 valence electrons. The Bertz CT molecular complexity index is 338. The van der Waals surface area contributed by atoms with Crippen LogP contribution in [0.2, 0.25) is 5.02 Å². The van der Waals surface area contributed by atoms with E-state index >= 15 is 0 Å². The molecule has 0 aliphatic rings. The first-order valence-electron chi connectivity index (χ1n) is 4.72. The maximum absolute atomic E-state index is 10.3. The van der Waals surface area contributed by atoms with E-state index in [9.17, 15) is 4.79 Å². The molecule has 0 fully saturated rings. The zero-order valence-corrected chi connectivity index (χ0v) is 9.20. The Morgan fingerprint density at radius 1 is 1.53 bits per heavy atom. The molecular weight excluding hydrogens is 216 g/mol. The number of carbonyl (C=O) groups is 1. The summed E-state index contributed by atoms with van der Waals surface area (Å²) in [6, 6.07) is 7.14. The molecule has 0 aliphatic heterocycles. The van der Waals surface area contributed by atoms with Crippen LogP contribution in [0.4, 0.5) is 0 Å². The number of para-hydroxylation sites is 1. The minimum Gasteiger partial charge on any atom is -0.489 e. The Morgan fingerprint density at radius 2 is 2.20 bits per heavy atom. The van der Waals surface area contributed by atoms with E-state index in [1.807, 2.05) is 19.1 Å². The first-order chi connectivity index (χ1) is 7.09. The molecule has 0 saturated carbocycles. The molecule has 0 heterocycles. The van der Waals surface area contributed by atoms with Crippen LogP contribution in [0.25, 0.3) is 0 Å². The van der Waals surface area contributed by atoms with Gasteiger partial charge in [-0.2, -0.15) is 0 Å². The van der Waals surface area contributed by atoms with Crippen molar-refractivity contribution in [3.05, 3.63) is 29.3 Å². The Labute approximate surface area is 93.6 Å². The highest BCUT2D eigenvalue weighted by Gasteiger charge is 2.08. The smallest absolute Gasteiger partial charge is 0.303 e. The first-order valence-corrected chi connectivity index (χ1v) is 5.10. The minimum atomic E-state index is -0.815. The molecule has 1 N–H and O–H groups in total. The second-order valence-corrected chi connectivity index (χ2v) is 3.70. The van der Waals surface area contributed by atoms with Gasteiger partial charge in [0.2, 0.25) is 0 Å². The molecule has 4 heteroatoms. The van der Waals surface area contributed by atoms with Crippen molar-refractivity contribution in [2.45, 2.75) is 25.9 Å². The Balaban J connectivity index is 2.47. The van der Waals surface area contributed by atoms with Crippen molar-refractivity contribution in [2.75, 3.05) is 0 Å². The predicted octanol–water partition coefficient (Wildman–Crippen LogP) is 2.97. The zero-order chi connectivity index (χ0) is 11.3. The molecule has 0 saturated heterocycles. The summed E-state index contributed by atoms with van der Waals surface area (Å²) in [6.45, 7) is 1.83. The van der Waals surface area contributed by atoms with Gasteiger partial charge in [-0.25, -0.2) is 0 Å². The predicted molar refractivity (Wildman–Crippen MR) is 58.4 cm³/mol. The van der Waals surface area contributed by atoms with Crippen molar-refractivity contribution < 1.29 is 14.6 Å². The number of carboxylic acids is 1. The second-order valence-electron chi connectivity index (χ2n) is 3.29. The topological polar surface area (TPSA) is 46.5 Å². The summed E-state index contributed by atoms with van der Waals surface area (Å²) in [5.74, 6) is -0.221. The van der Waals surface area contributed by atoms with Crippen LogP contribution in [0.3, 0.4) is 0 Å². The van der Waals surface area contributed by atoms with Crippen molar-refractivity contribution in [3.8, 4) is 5.75 Å². The van der Waals surface area contributed by atoms with E-state index in [0.29, 0.717) is 17.2 Å². The van der Waals surface area contributed by atoms with Crippen LogP contribution in [-0.2, 0) is 4.79 Å². The number of benzene rings is 1. The molecule has 0 radical (unpaired) electrons. The van der Waals surface area contributed by atoms with Crippen LogP contribution in [0.5, 0.6) is 5.75 Å². The van der Waals surface area contributed by atoms with Crippen molar-refractivity contribution in [3.63, 3.8) is 0 Å². The number of rotatable bonds is 5. The number of carboxylic acid groups (broad SMARTS) is 1. The summed E-state index contributed by atoms with van der Waals surface area (Å²) in [4.78, 5) is 10.3. The van der Waals surface area contributed by atoms with Gasteiger partial charge < -0.3 is 9.84 Å². The maximum Gasteiger partial charge on any atom is 0.303 e. The molecule has 15 heavy (non-hydrogen) atoms. The molecular formula is C11H13ClO3. The van der Waals surface area contributed by atoms with Crippen LogP contribution >= 0.6 is 11.6 Å². The van der Waals surface area contributed by atoms with Crippen LogP contribution < -0.4 is 4.74 Å². The van der Waals surface area contributed by atoms with Gasteiger partial charge in [-0.15, -0.1) is 0 Å². The van der Waals surface area contributed by atoms with E-state index in [1.165, 1.54) is 0 Å². The highest BCUT2D eigenvalue weighted by molar-refractivity contribution is 6.32. The fraction of sp³-hybridized carbons (Fsp3) is 0.364. The summed E-state index contributed by atoms with van der Waals surface area (Å²) < 4.78 is 5.50. The number of aliphatic carboxylic acids is 1. The van der Waals surface area contributed by atoms with E-state index in [0.717, 1.165) is 0 Å². The quantitative estimate of drug-likeness (QED) is 0.843. The Kier molecular flexibility index (Phi) is 4.43. The Morgan fingerprint density at radius 3 is 2.80 bits per heavy atom. The minimum absolute atomic E-state index is 0.103. The number of halogens is 1. The third-order valence-electron chi connectivity index (χ3n) is 1.93. The SMILES string of the molecule is CC(CCC(=O)O)Oc1ccccc1Cl. The lowest BCUT2D eigenvalue weighted by Crippen LogP contribution is -2.13. The Hall–Kier alpha value is -1.22. The normalized spacial score (nSPS) is 12.1. The van der Waals surface area contributed by atoms with Gasteiger partial charge in [0, 0.05) is 6.42 Å². The number of hydrogen-bond acceptors (Lipinski definition) is 2. The molecule has 0 spiro atoms. The first kappa shape index (κ1) is 11.9. The lowest BCUT2D eigenvalue weighted by atomic mass is 10.2. The summed E-state index contributed by atoms with van der Waals surface area (Å²) in [5, 5.41) is 9.04. The van der Waals surface area contributed by atoms with Gasteiger partial charge in [0.15, 0.2) is 0 Å². The van der Waals surface area contributed by atoms with Crippen LogP contribution in [-0.4, -0.2) is 17.2 Å². The molecule has 0 amide bonds. The third-order valence-corrected chi connectivity index (χ3v) is 2.24. The summed E-state index contributed by atoms with van der Waals surface area (Å²) in [7, 11) is 0. The van der Waals surface area contributed by atoms with Crippen molar-refractivity contribution in [2.24, 2.45) is 0 Å². The highest BCUT2D eigenvalue weighted by Crippen LogP contribution is 2.24. The molecule has 1 atom stereocenters. The molecule has 3 nitrogen and oxygen atoms in total. The zero-order valence-electron chi connectivity index (χ0n) is 8.44. The molecule has 1 rings (SSSR count). The largest absolute Gasteiger partial charge is 0.489 e. The lowest BCUT2D eigenvalue weighted by molar-refractivity contribution is -0.137. The van der Waals surface area contributed by atoms with E-state index < -0.39 is 5.97 Å². The standard InChI is InChI=1S/C11H13ClO3/c1-8(6-7-11(13)14)15-10-5-3-2-4-9(10)12/h2-5,8H,6-7H2,1H3,(H,13,14). The molecule has 0 aromatic heterocycles. The van der Waals surface area contributed by atoms with E-state index in [2.05, 4.69) is 0 Å². The van der Waals surface area contributed by atoms with Crippen molar-refractivity contribution in [1.82, 2.24) is 0 Å². The van der Waals surface area contributed by atoms with Crippen molar-refractivity contribution in [1.29, 1.82) is 0 Å². The van der Waals surface area contributed by atoms with Gasteiger partial charge in [-0.05, 0) is 25.5 Å². The second kappa shape index (κ2) is 5.61. The van der Waals surface area contributed by atoms with Crippen LogP contribution in [0.15, 0.2) is 24.3 Å².